The van der Waals surface area contributed by atoms with Gasteiger partial charge in [-0.15, -0.1) is 0 Å². The number of carbonyl (C=O) groups is 1. The first kappa shape index (κ1) is 17.4. The summed E-state index contributed by atoms with van der Waals surface area (Å²) in [7, 11) is 0. The SMILES string of the molecule is CC(C)COCCCNC(=O)c1cccc([N+](=O)[O-])c1Cl. The third-order valence-corrected chi connectivity index (χ3v) is 3.02. The summed E-state index contributed by atoms with van der Waals surface area (Å²) < 4.78 is 5.39. The number of nitrogens with zero attached hydrogens (tertiary/aromatic N) is 1. The highest BCUT2D eigenvalue weighted by molar-refractivity contribution is 6.35. The second kappa shape index (κ2) is 8.59. The van der Waals surface area contributed by atoms with Crippen molar-refractivity contribution in [1.29, 1.82) is 0 Å². The standard InChI is InChI=1S/C14H19ClN2O4/c1-10(2)9-21-8-4-7-16-14(18)11-5-3-6-12(13(11)15)17(19)20/h3,5-6,10H,4,7-9H2,1-2H3,(H,16,18). The quantitative estimate of drug-likeness (QED) is 0.454. The highest BCUT2D eigenvalue weighted by Crippen LogP contribution is 2.27. The van der Waals surface area contributed by atoms with Crippen LogP contribution in [0.25, 0.3) is 0 Å². The molecule has 0 spiro atoms. The fourth-order valence-corrected chi connectivity index (χ4v) is 1.91. The number of hydrogen-bond donors (Lipinski definition) is 1. The van der Waals surface area contributed by atoms with Gasteiger partial charge in [-0.2, -0.15) is 0 Å². The van der Waals surface area contributed by atoms with Crippen molar-refractivity contribution in [3.05, 3.63) is 38.9 Å². The Balaban J connectivity index is 2.46. The molecule has 0 bridgehead atoms. The normalized spacial score (nSPS) is 10.7. The van der Waals surface area contributed by atoms with Crippen molar-refractivity contribution in [2.24, 2.45) is 5.92 Å². The number of nitrogens with one attached hydrogen (secondary N) is 1. The van der Waals surface area contributed by atoms with Gasteiger partial charge in [0.15, 0.2) is 0 Å². The van der Waals surface area contributed by atoms with Crippen LogP contribution in [0.4, 0.5) is 5.69 Å². The number of rotatable bonds is 8. The van der Waals surface area contributed by atoms with Gasteiger partial charge in [0.1, 0.15) is 5.02 Å². The number of hydrogen-bond acceptors (Lipinski definition) is 4. The van der Waals surface area contributed by atoms with Crippen molar-refractivity contribution in [2.45, 2.75) is 20.3 Å². The van der Waals surface area contributed by atoms with E-state index in [1.54, 1.807) is 0 Å². The molecule has 0 saturated heterocycles. The monoisotopic (exact) mass is 314 g/mol. The van der Waals surface area contributed by atoms with Gasteiger partial charge in [-0.3, -0.25) is 14.9 Å². The van der Waals surface area contributed by atoms with E-state index in [-0.39, 0.29) is 16.3 Å². The molecule has 0 atom stereocenters. The second-order valence-electron chi connectivity index (χ2n) is 4.97. The predicted octanol–water partition coefficient (Wildman–Crippen LogP) is 3.04. The minimum Gasteiger partial charge on any atom is -0.381 e. The summed E-state index contributed by atoms with van der Waals surface area (Å²) in [5.41, 5.74) is -0.168. The van der Waals surface area contributed by atoms with Gasteiger partial charge >= 0.3 is 0 Å². The van der Waals surface area contributed by atoms with Crippen LogP contribution in [0.2, 0.25) is 5.02 Å². The van der Waals surface area contributed by atoms with Crippen molar-refractivity contribution in [3.8, 4) is 0 Å². The van der Waals surface area contributed by atoms with Crippen molar-refractivity contribution in [1.82, 2.24) is 5.32 Å². The molecule has 1 aromatic rings. The van der Waals surface area contributed by atoms with E-state index < -0.39 is 10.8 Å². The van der Waals surface area contributed by atoms with E-state index in [0.717, 1.165) is 0 Å². The van der Waals surface area contributed by atoms with Crippen LogP contribution in [-0.4, -0.2) is 30.6 Å². The number of nitro benzene ring substituents is 1. The van der Waals surface area contributed by atoms with E-state index >= 15 is 0 Å². The van der Waals surface area contributed by atoms with Crippen molar-refractivity contribution in [3.63, 3.8) is 0 Å². The summed E-state index contributed by atoms with van der Waals surface area (Å²) in [6.07, 6.45) is 0.672. The fourth-order valence-electron chi connectivity index (χ4n) is 1.63. The molecule has 0 saturated carbocycles. The number of amides is 1. The minimum atomic E-state index is -0.612. The minimum absolute atomic E-state index is 0.106. The molecule has 1 aromatic carbocycles. The number of nitro groups is 1. The fraction of sp³-hybridized carbons (Fsp3) is 0.500. The highest BCUT2D eigenvalue weighted by Gasteiger charge is 2.19. The highest BCUT2D eigenvalue weighted by atomic mass is 35.5. The van der Waals surface area contributed by atoms with E-state index in [1.165, 1.54) is 18.2 Å². The molecule has 1 rings (SSSR count). The van der Waals surface area contributed by atoms with Crippen LogP contribution in [0, 0.1) is 16.0 Å². The first-order valence-electron chi connectivity index (χ1n) is 6.72. The lowest BCUT2D eigenvalue weighted by molar-refractivity contribution is -0.384. The third kappa shape index (κ3) is 5.69. The van der Waals surface area contributed by atoms with Gasteiger partial charge in [0.25, 0.3) is 11.6 Å². The van der Waals surface area contributed by atoms with Gasteiger partial charge < -0.3 is 10.1 Å². The van der Waals surface area contributed by atoms with Crippen LogP contribution in [0.1, 0.15) is 30.6 Å². The summed E-state index contributed by atoms with van der Waals surface area (Å²) in [5.74, 6) is 0.0517. The third-order valence-electron chi connectivity index (χ3n) is 2.62. The molecule has 0 unspecified atom stereocenters. The maximum atomic E-state index is 11.9. The largest absolute Gasteiger partial charge is 0.381 e. The van der Waals surface area contributed by atoms with Crippen molar-refractivity contribution < 1.29 is 14.5 Å². The smallest absolute Gasteiger partial charge is 0.288 e. The lowest BCUT2D eigenvalue weighted by Gasteiger charge is -2.08. The zero-order valence-electron chi connectivity index (χ0n) is 12.1. The first-order valence-corrected chi connectivity index (χ1v) is 7.10. The average molecular weight is 315 g/mol. The summed E-state index contributed by atoms with van der Waals surface area (Å²) in [6.45, 7) is 5.79. The van der Waals surface area contributed by atoms with Crippen LogP contribution < -0.4 is 5.32 Å². The molecular formula is C14H19ClN2O4. The number of carbonyl (C=O) groups excluding carboxylic acids is 1. The van der Waals surface area contributed by atoms with Crippen LogP contribution in [0.15, 0.2) is 18.2 Å². The van der Waals surface area contributed by atoms with Crippen LogP contribution in [0.5, 0.6) is 0 Å². The summed E-state index contributed by atoms with van der Waals surface area (Å²) in [4.78, 5) is 22.1. The molecule has 116 valence electrons. The van der Waals surface area contributed by atoms with Gasteiger partial charge in [-0.05, 0) is 18.4 Å². The topological polar surface area (TPSA) is 81.5 Å². The van der Waals surface area contributed by atoms with Gasteiger partial charge in [-0.25, -0.2) is 0 Å². The van der Waals surface area contributed by atoms with Crippen LogP contribution in [-0.2, 0) is 4.74 Å². The van der Waals surface area contributed by atoms with Crippen LogP contribution >= 0.6 is 11.6 Å². The molecule has 0 aliphatic carbocycles. The lowest BCUT2D eigenvalue weighted by Crippen LogP contribution is -2.25. The molecule has 0 aliphatic rings. The molecular weight excluding hydrogens is 296 g/mol. The lowest BCUT2D eigenvalue weighted by atomic mass is 10.2. The molecule has 0 aliphatic heterocycles. The van der Waals surface area contributed by atoms with E-state index in [4.69, 9.17) is 16.3 Å². The zero-order valence-corrected chi connectivity index (χ0v) is 12.9. The van der Waals surface area contributed by atoms with Crippen molar-refractivity contribution >= 4 is 23.2 Å². The van der Waals surface area contributed by atoms with Gasteiger partial charge in [-0.1, -0.05) is 31.5 Å². The Hall–Kier alpha value is -1.66. The van der Waals surface area contributed by atoms with Crippen LogP contribution in [0.3, 0.4) is 0 Å². The number of benzene rings is 1. The second-order valence-corrected chi connectivity index (χ2v) is 5.35. The summed E-state index contributed by atoms with van der Waals surface area (Å²) in [6, 6.07) is 4.16. The molecule has 6 nitrogen and oxygen atoms in total. The molecule has 0 heterocycles. The Morgan fingerprint density at radius 2 is 2.19 bits per heavy atom. The van der Waals surface area contributed by atoms with E-state index in [2.05, 4.69) is 19.2 Å². The molecule has 21 heavy (non-hydrogen) atoms. The van der Waals surface area contributed by atoms with E-state index in [9.17, 15) is 14.9 Å². The number of halogens is 1. The Morgan fingerprint density at radius 3 is 2.81 bits per heavy atom. The van der Waals surface area contributed by atoms with E-state index in [1.807, 2.05) is 0 Å². The van der Waals surface area contributed by atoms with Crippen molar-refractivity contribution in [2.75, 3.05) is 19.8 Å². The molecule has 0 radical (unpaired) electrons. The Kier molecular flexibility index (Phi) is 7.11. The molecule has 0 fully saturated rings. The Bertz CT molecular complexity index is 506. The molecule has 7 heteroatoms. The predicted molar refractivity (Wildman–Crippen MR) is 80.7 cm³/mol. The maximum absolute atomic E-state index is 11.9. The molecule has 1 amide bonds. The van der Waals surface area contributed by atoms with Gasteiger partial charge in [0.05, 0.1) is 10.5 Å². The van der Waals surface area contributed by atoms with Gasteiger partial charge in [0, 0.05) is 25.8 Å². The van der Waals surface area contributed by atoms with E-state index in [0.29, 0.717) is 32.1 Å². The average Bonchev–Trinajstić information content (AvgIpc) is 2.42. The molecule has 1 N–H and O–H groups in total. The maximum Gasteiger partial charge on any atom is 0.288 e. The summed E-state index contributed by atoms with van der Waals surface area (Å²) in [5, 5.41) is 13.3. The zero-order chi connectivity index (χ0) is 15.8. The molecule has 0 aromatic heterocycles. The van der Waals surface area contributed by atoms with Gasteiger partial charge in [0.2, 0.25) is 0 Å². The Labute approximate surface area is 128 Å². The first-order chi connectivity index (χ1) is 9.93. The Morgan fingerprint density at radius 1 is 1.48 bits per heavy atom. The summed E-state index contributed by atoms with van der Waals surface area (Å²) >= 11 is 5.87. The number of ether oxygens (including phenoxy) is 1.